The second-order valence-electron chi connectivity index (χ2n) is 9.58. The number of carboxylic acid groups (broad SMARTS) is 3. The zero-order valence-corrected chi connectivity index (χ0v) is 23.6. The van der Waals surface area contributed by atoms with Gasteiger partial charge in [0, 0.05) is 71.5 Å². The Kier molecular flexibility index (Phi) is 11.0. The lowest BCUT2D eigenvalue weighted by Gasteiger charge is -2.21. The molecule has 5 N–H and O–H groups in total. The molecule has 0 fully saturated rings. The highest BCUT2D eigenvalue weighted by atomic mass is 32.1. The molecule has 1 aromatic carbocycles. The fourth-order valence-electron chi connectivity index (χ4n) is 4.28. The van der Waals surface area contributed by atoms with E-state index in [0.717, 1.165) is 43.9 Å². The van der Waals surface area contributed by atoms with Gasteiger partial charge in [-0.05, 0) is 43.2 Å². The van der Waals surface area contributed by atoms with Gasteiger partial charge in [-0.15, -0.1) is 11.3 Å². The number of thiophene rings is 1. The topological polar surface area (TPSA) is 178 Å². The van der Waals surface area contributed by atoms with E-state index in [0.29, 0.717) is 0 Å². The van der Waals surface area contributed by atoms with Gasteiger partial charge >= 0.3 is 17.9 Å². The van der Waals surface area contributed by atoms with Gasteiger partial charge in [0.25, 0.3) is 0 Å². The van der Waals surface area contributed by atoms with Gasteiger partial charge in [-0.1, -0.05) is 0 Å². The molecule has 13 heteroatoms. The number of fused-ring (bicyclic) bond motifs is 1. The molecule has 0 bridgehead atoms. The summed E-state index contributed by atoms with van der Waals surface area (Å²) in [4.78, 5) is 43.3. The first-order chi connectivity index (χ1) is 19.5. The first-order valence-electron chi connectivity index (χ1n) is 12.8. The number of hydrogen-bond donors (Lipinski definition) is 5. The van der Waals surface area contributed by atoms with Gasteiger partial charge in [0.05, 0.1) is 26.3 Å². The van der Waals surface area contributed by atoms with Crippen LogP contribution in [0.2, 0.25) is 0 Å². The summed E-state index contributed by atoms with van der Waals surface area (Å²) in [7, 11) is 1.70. The van der Waals surface area contributed by atoms with Crippen molar-refractivity contribution in [3.05, 3.63) is 70.6 Å². The summed E-state index contributed by atoms with van der Waals surface area (Å²) in [6.45, 7) is 6.10. The van der Waals surface area contributed by atoms with Crippen LogP contribution in [0.3, 0.4) is 0 Å². The normalized spacial score (nSPS) is 11.3. The number of aromatic nitrogens is 3. The summed E-state index contributed by atoms with van der Waals surface area (Å²) in [6.07, 6.45) is 6.69. The fourth-order valence-corrected chi connectivity index (χ4v) is 5.21. The molecule has 3 aromatic heterocycles. The van der Waals surface area contributed by atoms with Crippen LogP contribution in [0.25, 0.3) is 10.9 Å². The maximum atomic E-state index is 10.3. The molecule has 41 heavy (non-hydrogen) atoms. The minimum atomic E-state index is -2.74. The van der Waals surface area contributed by atoms with Gasteiger partial charge in [0.1, 0.15) is 5.75 Å². The van der Waals surface area contributed by atoms with Crippen molar-refractivity contribution < 1.29 is 39.5 Å². The van der Waals surface area contributed by atoms with E-state index in [1.165, 1.54) is 20.7 Å². The smallest absolute Gasteiger partial charge is 0.336 e. The van der Waals surface area contributed by atoms with E-state index >= 15 is 0 Å². The van der Waals surface area contributed by atoms with Crippen LogP contribution in [-0.4, -0.2) is 77.0 Å². The van der Waals surface area contributed by atoms with Crippen LogP contribution in [0.1, 0.15) is 34.6 Å². The third-order valence-electron chi connectivity index (χ3n) is 6.28. The Bertz CT molecular complexity index is 1430. The Balaban J connectivity index is 0.000000302. The first kappa shape index (κ1) is 31.3. The predicted octanol–water partition coefficient (Wildman–Crippen LogP) is 3.59. The third kappa shape index (κ3) is 9.45. The number of carboxylic acids is 3. The number of imidazole rings is 1. The van der Waals surface area contributed by atoms with Gasteiger partial charge in [0.2, 0.25) is 0 Å². The monoisotopic (exact) mass is 586 g/mol. The molecule has 12 nitrogen and oxygen atoms in total. The molecule has 0 saturated heterocycles. The maximum Gasteiger partial charge on any atom is 0.336 e. The van der Waals surface area contributed by atoms with Gasteiger partial charge in [-0.2, -0.15) is 0 Å². The average molecular weight is 587 g/mol. The van der Waals surface area contributed by atoms with Crippen molar-refractivity contribution in [2.24, 2.45) is 0 Å². The summed E-state index contributed by atoms with van der Waals surface area (Å²) < 4.78 is 7.49. The minimum absolute atomic E-state index is 0.882. The molecule has 0 radical (unpaired) electrons. The standard InChI is InChI=1S/C22H26N4OS.C6H8O7/c1-17-4-6-20(28-17)15-26(10-3-9-25-11-8-23-16-25)14-18-13-24-22-12-19(27-2)5-7-21(18)22;7-3(8)1-6(13,5(11)12)2-4(9)10/h4-8,11-13,16,24H,3,9-10,14-15H2,1-2H3;13H,1-2H2,(H,7,8)(H,9,10)(H,11,12). The molecule has 0 aliphatic heterocycles. The highest BCUT2D eigenvalue weighted by Gasteiger charge is 2.40. The number of methoxy groups -OCH3 is 1. The molecule has 220 valence electrons. The van der Waals surface area contributed by atoms with Crippen molar-refractivity contribution in [2.45, 2.75) is 51.4 Å². The number of hydrogen-bond acceptors (Lipinski definition) is 8. The molecule has 4 aromatic rings. The van der Waals surface area contributed by atoms with Crippen molar-refractivity contribution in [2.75, 3.05) is 13.7 Å². The zero-order valence-electron chi connectivity index (χ0n) is 22.8. The Hall–Kier alpha value is -4.20. The van der Waals surface area contributed by atoms with E-state index in [2.05, 4.69) is 56.8 Å². The molecule has 0 atom stereocenters. The highest BCUT2D eigenvalue weighted by molar-refractivity contribution is 7.11. The number of aromatic amines is 1. The third-order valence-corrected chi connectivity index (χ3v) is 7.26. The lowest BCUT2D eigenvalue weighted by molar-refractivity contribution is -0.170. The van der Waals surface area contributed by atoms with Crippen LogP contribution in [0.5, 0.6) is 5.75 Å². The number of H-pyrrole nitrogens is 1. The van der Waals surface area contributed by atoms with Crippen molar-refractivity contribution in [3.8, 4) is 5.75 Å². The van der Waals surface area contributed by atoms with E-state index in [1.807, 2.05) is 36.1 Å². The number of benzene rings is 1. The van der Waals surface area contributed by atoms with E-state index in [9.17, 15) is 14.4 Å². The van der Waals surface area contributed by atoms with Crippen molar-refractivity contribution in [1.82, 2.24) is 19.4 Å². The number of carbonyl (C=O) groups is 3. The van der Waals surface area contributed by atoms with Crippen LogP contribution < -0.4 is 4.74 Å². The molecular formula is C28H34N4O8S. The molecular weight excluding hydrogens is 552 g/mol. The second-order valence-corrected chi connectivity index (χ2v) is 11.0. The van der Waals surface area contributed by atoms with E-state index in [4.69, 9.17) is 25.2 Å². The fraction of sp³-hybridized carbons (Fsp3) is 0.357. The lowest BCUT2D eigenvalue weighted by Crippen LogP contribution is -2.42. The molecule has 0 saturated carbocycles. The first-order valence-corrected chi connectivity index (χ1v) is 13.6. The molecule has 3 heterocycles. The molecule has 0 spiro atoms. The van der Waals surface area contributed by atoms with Crippen LogP contribution in [0, 0.1) is 6.92 Å². The number of ether oxygens (including phenoxy) is 1. The summed E-state index contributed by atoms with van der Waals surface area (Å²) in [6, 6.07) is 10.7. The van der Waals surface area contributed by atoms with Crippen molar-refractivity contribution in [1.29, 1.82) is 0 Å². The highest BCUT2D eigenvalue weighted by Crippen LogP contribution is 2.26. The van der Waals surface area contributed by atoms with Gasteiger partial charge in [0.15, 0.2) is 5.60 Å². The largest absolute Gasteiger partial charge is 0.497 e. The van der Waals surface area contributed by atoms with Gasteiger partial charge in [-0.3, -0.25) is 14.5 Å². The lowest BCUT2D eigenvalue weighted by atomic mass is 9.96. The second kappa shape index (κ2) is 14.4. The molecule has 0 amide bonds. The van der Waals surface area contributed by atoms with Crippen LogP contribution >= 0.6 is 11.3 Å². The average Bonchev–Trinajstić information content (AvgIpc) is 3.65. The van der Waals surface area contributed by atoms with Crippen molar-refractivity contribution >= 4 is 40.1 Å². The number of nitrogens with zero attached hydrogens (tertiary/aromatic N) is 3. The predicted molar refractivity (Wildman–Crippen MR) is 152 cm³/mol. The summed E-state index contributed by atoms with van der Waals surface area (Å²) in [5.41, 5.74) is -0.286. The molecule has 0 aliphatic rings. The summed E-state index contributed by atoms with van der Waals surface area (Å²) >= 11 is 1.89. The van der Waals surface area contributed by atoms with Gasteiger partial charge < -0.3 is 34.7 Å². The summed E-state index contributed by atoms with van der Waals surface area (Å²) in [5, 5.41) is 35.1. The summed E-state index contributed by atoms with van der Waals surface area (Å²) in [5.74, 6) is -4.14. The Morgan fingerprint density at radius 3 is 2.39 bits per heavy atom. The number of aliphatic carboxylic acids is 3. The number of rotatable bonds is 14. The number of aliphatic hydroxyl groups is 1. The molecule has 0 unspecified atom stereocenters. The van der Waals surface area contributed by atoms with E-state index in [-0.39, 0.29) is 0 Å². The minimum Gasteiger partial charge on any atom is -0.497 e. The van der Waals surface area contributed by atoms with E-state index in [1.54, 1.807) is 7.11 Å². The Morgan fingerprint density at radius 1 is 1.10 bits per heavy atom. The number of nitrogens with one attached hydrogen (secondary N) is 1. The van der Waals surface area contributed by atoms with Crippen LogP contribution in [0.4, 0.5) is 0 Å². The van der Waals surface area contributed by atoms with E-state index < -0.39 is 36.4 Å². The quantitative estimate of drug-likeness (QED) is 0.147. The van der Waals surface area contributed by atoms with Crippen molar-refractivity contribution in [3.63, 3.8) is 0 Å². The van der Waals surface area contributed by atoms with Gasteiger partial charge in [-0.25, -0.2) is 9.78 Å². The Morgan fingerprint density at radius 2 is 1.83 bits per heavy atom. The number of aryl methyl sites for hydroxylation is 2. The zero-order chi connectivity index (χ0) is 30.0. The maximum absolute atomic E-state index is 10.3. The van der Waals surface area contributed by atoms with Crippen LogP contribution in [0.15, 0.2) is 55.2 Å². The Labute approximate surface area is 240 Å². The molecule has 4 rings (SSSR count). The molecule has 0 aliphatic carbocycles. The SMILES string of the molecule is COc1ccc2c(CN(CCCn3ccnc3)Cc3ccc(C)s3)c[nH]c2c1.O=C(O)CC(O)(CC(=O)O)C(=O)O. The van der Waals surface area contributed by atoms with Crippen LogP contribution in [-0.2, 0) is 34.0 Å².